The summed E-state index contributed by atoms with van der Waals surface area (Å²) in [5.41, 5.74) is 18.7. The van der Waals surface area contributed by atoms with Gasteiger partial charge in [0.2, 0.25) is 0 Å². The smallest absolute Gasteiger partial charge is 0.418 e. The highest BCUT2D eigenvalue weighted by atomic mass is 19.4. The van der Waals surface area contributed by atoms with Crippen LogP contribution in [0.2, 0.25) is 0 Å². The van der Waals surface area contributed by atoms with E-state index in [4.69, 9.17) is 9.47 Å². The van der Waals surface area contributed by atoms with Crippen molar-refractivity contribution >= 4 is 98.4 Å². The van der Waals surface area contributed by atoms with Gasteiger partial charge in [0.05, 0.1) is 64.8 Å². The van der Waals surface area contributed by atoms with E-state index in [-0.39, 0.29) is 11.4 Å². The Bertz CT molecular complexity index is 6010. The van der Waals surface area contributed by atoms with Gasteiger partial charge in [-0.1, -0.05) is 210 Å². The summed E-state index contributed by atoms with van der Waals surface area (Å²) in [4.78, 5) is 50.8. The van der Waals surface area contributed by atoms with Gasteiger partial charge in [-0.15, -0.1) is 0 Å². The number of nitrogens with zero attached hydrogens (tertiary/aromatic N) is 13. The van der Waals surface area contributed by atoms with E-state index < -0.39 is 11.7 Å². The van der Waals surface area contributed by atoms with Crippen LogP contribution in [0.5, 0.6) is 11.5 Å². The summed E-state index contributed by atoms with van der Waals surface area (Å²) in [6.07, 6.45) is 19.1. The number of aryl methyl sites for hydroxylation is 1. The zero-order valence-corrected chi connectivity index (χ0v) is 76.0. The molecule has 12 heterocycles. The van der Waals surface area contributed by atoms with Gasteiger partial charge < -0.3 is 14.0 Å². The molecule has 0 saturated carbocycles. The lowest BCUT2D eigenvalue weighted by atomic mass is 9.96. The molecule has 18 heteroatoms. The first-order valence-corrected chi connectivity index (χ1v) is 42.9. The lowest BCUT2D eigenvalue weighted by Crippen LogP contribution is -2.07. The third-order valence-corrected chi connectivity index (χ3v) is 21.5. The molecule has 0 aliphatic carbocycles. The molecule has 18 aromatic rings. The predicted molar refractivity (Wildman–Crippen MR) is 513 cm³/mol. The molecule has 0 fully saturated rings. The van der Waals surface area contributed by atoms with Crippen LogP contribution in [0.1, 0.15) is 234 Å². The fourth-order valence-electron chi connectivity index (χ4n) is 15.0. The molecule has 0 amide bonds. The minimum atomic E-state index is -4.36. The highest BCUT2D eigenvalue weighted by Gasteiger charge is 2.33. The van der Waals surface area contributed by atoms with Crippen LogP contribution in [0, 0.1) is 0 Å². The highest BCUT2D eigenvalue weighted by molar-refractivity contribution is 5.90. The number of hydrogen-bond acceptors (Lipinski definition) is 14. The molecule has 0 N–H and O–H groups in total. The van der Waals surface area contributed by atoms with Crippen LogP contribution in [0.3, 0.4) is 0 Å². The van der Waals surface area contributed by atoms with Crippen LogP contribution < -0.4 is 9.47 Å². The van der Waals surface area contributed by atoms with Gasteiger partial charge in [-0.05, 0) is 218 Å². The van der Waals surface area contributed by atoms with Gasteiger partial charge in [0, 0.05) is 119 Å². The van der Waals surface area contributed by atoms with Crippen molar-refractivity contribution in [2.75, 3.05) is 14.2 Å². The molecule has 644 valence electrons. The van der Waals surface area contributed by atoms with Crippen LogP contribution >= 0.6 is 0 Å². The van der Waals surface area contributed by atoms with Crippen LogP contribution in [0.4, 0.5) is 13.2 Å². The SMILES string of the molecule is CC(C)c1cccc2ccccc12.CC(C)c1ccnc2c(C(F)(F)F)cccc12.CC(C)c1ccnc2ccccc12.CC(C)c1ccnc2cccnc12.CC(C)c1ccnc2cnccc12.CC(C)c1ccnc2ncccc12.CC(C)c1ncnc2c1ccn2C.COc1ccc2c(C(C)C)ccnc2c1.COc1cccc2c(C(C)C)ccnc12. The Morgan fingerprint density at radius 1 is 0.296 bits per heavy atom. The zero-order chi connectivity index (χ0) is 90.0. The maximum Gasteiger partial charge on any atom is 0.418 e. The largest absolute Gasteiger partial charge is 0.497 e. The van der Waals surface area contributed by atoms with Crippen molar-refractivity contribution in [1.82, 2.24) is 64.4 Å². The molecule has 0 spiro atoms. The molecule has 0 unspecified atom stereocenters. The Balaban J connectivity index is 0.000000147. The van der Waals surface area contributed by atoms with Crippen LogP contribution in [-0.2, 0) is 13.2 Å². The van der Waals surface area contributed by atoms with E-state index >= 15 is 0 Å². The first-order valence-electron chi connectivity index (χ1n) is 42.9. The van der Waals surface area contributed by atoms with Gasteiger partial charge in [0.15, 0.2) is 5.65 Å². The lowest BCUT2D eigenvalue weighted by molar-refractivity contribution is -0.136. The molecule has 125 heavy (non-hydrogen) atoms. The molecular weight excluding hydrogens is 1560 g/mol. The molecule has 12 aromatic heterocycles. The number of aromatic nitrogens is 13. The summed E-state index contributed by atoms with van der Waals surface area (Å²) in [6, 6.07) is 65.9. The second kappa shape index (κ2) is 44.8. The minimum Gasteiger partial charge on any atom is -0.497 e. The average molecular weight is 1680 g/mol. The number of methoxy groups -OCH3 is 2. The number of para-hydroxylation sites is 3. The van der Waals surface area contributed by atoms with Gasteiger partial charge in [-0.2, -0.15) is 13.2 Å². The van der Waals surface area contributed by atoms with Crippen LogP contribution in [0.25, 0.3) is 98.4 Å². The Labute approximate surface area is 734 Å². The van der Waals surface area contributed by atoms with E-state index in [1.807, 2.05) is 142 Å². The lowest BCUT2D eigenvalue weighted by Gasteiger charge is -2.13. The number of pyridine rings is 10. The standard InChI is InChI=1S/C13H12F3N.2C13H15NO.C13H14.C12H13N.3C11H12N2.C10H13N3/c1-8(2)9-6-7-17-12-10(9)4-3-5-11(12)13(14,15)16;1-9(2)11-6-7-14-13-8-10(15-3)4-5-12(11)13;1-9(2)10-7-8-14-13-11(10)5-4-6-12(13)15-3;1-10(2)12-9-5-7-11-6-3-4-8-13(11)12;1-9(2)10-7-8-13-12-6-4-3-5-11(10)12;1-8(2)9-4-6-13-11-7-12-5-3-10(9)11;1-8(2)9-5-7-12-10-4-3-6-13-11(9)10;1-8(2)9-5-7-13-11-10(9)4-3-6-12-11;1-7(2)9-8-4-5-13(3)10(8)12-6-11-9/h3-8H,1-2H3;2*4-9H,1-3H3;3-10H,1-2H3;3-9H,1-2H3;3*3-8H,1-2H3;4-7H,1-3H3. The van der Waals surface area contributed by atoms with Gasteiger partial charge in [-0.3, -0.25) is 39.9 Å². The number of hydrogen-bond donors (Lipinski definition) is 0. The van der Waals surface area contributed by atoms with E-state index in [9.17, 15) is 13.2 Å². The molecule has 18 rings (SSSR count). The maximum atomic E-state index is 12.8. The molecule has 0 saturated heterocycles. The van der Waals surface area contributed by atoms with Gasteiger partial charge >= 0.3 is 6.18 Å². The predicted octanol–water partition coefficient (Wildman–Crippen LogP) is 28.8. The van der Waals surface area contributed by atoms with Crippen LogP contribution in [0.15, 0.2) is 281 Å². The Kier molecular flexibility index (Phi) is 33.8. The normalized spacial score (nSPS) is 11.2. The number of rotatable bonds is 11. The molecule has 0 atom stereocenters. The third kappa shape index (κ3) is 24.5. The average Bonchev–Trinajstić information content (AvgIpc) is 1.73. The fourth-order valence-corrected chi connectivity index (χ4v) is 15.0. The van der Waals surface area contributed by atoms with Crippen molar-refractivity contribution in [3.8, 4) is 11.5 Å². The number of benzene rings is 6. The Hall–Kier alpha value is -13.1. The quantitative estimate of drug-likeness (QED) is 0.119. The Morgan fingerprint density at radius 2 is 0.728 bits per heavy atom. The fraction of sp³-hybridized carbons (Fsp3) is 0.290. The summed E-state index contributed by atoms with van der Waals surface area (Å²) in [6.45, 7) is 38.9. The zero-order valence-electron chi connectivity index (χ0n) is 76.0. The summed E-state index contributed by atoms with van der Waals surface area (Å²) in [7, 11) is 5.35. The molecule has 0 aliphatic rings. The summed E-state index contributed by atoms with van der Waals surface area (Å²) >= 11 is 0. The van der Waals surface area contributed by atoms with E-state index in [2.05, 4.69) is 286 Å². The number of alkyl halides is 3. The number of fused-ring (bicyclic) bond motifs is 9. The van der Waals surface area contributed by atoms with E-state index in [0.29, 0.717) is 52.7 Å². The van der Waals surface area contributed by atoms with Crippen molar-refractivity contribution in [2.24, 2.45) is 7.05 Å². The van der Waals surface area contributed by atoms with Crippen molar-refractivity contribution in [3.63, 3.8) is 0 Å². The minimum absolute atomic E-state index is 0.0335. The van der Waals surface area contributed by atoms with E-state index in [0.717, 1.165) is 73.2 Å². The highest BCUT2D eigenvalue weighted by Crippen LogP contribution is 2.37. The second-order valence-electron chi connectivity index (χ2n) is 33.3. The monoisotopic (exact) mass is 1670 g/mol. The Morgan fingerprint density at radius 3 is 1.33 bits per heavy atom. The molecular formula is C107H118F3N13O2. The van der Waals surface area contributed by atoms with Crippen molar-refractivity contribution in [3.05, 3.63) is 337 Å². The molecule has 0 bridgehead atoms. The summed E-state index contributed by atoms with van der Waals surface area (Å²) in [5.74, 6) is 6.07. The van der Waals surface area contributed by atoms with Gasteiger partial charge in [0.25, 0.3) is 0 Å². The van der Waals surface area contributed by atoms with Gasteiger partial charge in [0.1, 0.15) is 29.0 Å². The van der Waals surface area contributed by atoms with E-state index in [1.165, 1.54) is 94.3 Å². The second-order valence-corrected chi connectivity index (χ2v) is 33.3. The van der Waals surface area contributed by atoms with Crippen molar-refractivity contribution in [1.29, 1.82) is 0 Å². The maximum absolute atomic E-state index is 12.8. The van der Waals surface area contributed by atoms with Crippen molar-refractivity contribution < 1.29 is 22.6 Å². The van der Waals surface area contributed by atoms with Crippen LogP contribution in [-0.4, -0.2) is 78.6 Å². The molecule has 0 radical (unpaired) electrons. The third-order valence-electron chi connectivity index (χ3n) is 21.5. The van der Waals surface area contributed by atoms with Gasteiger partial charge in [-0.25, -0.2) is 19.9 Å². The first-order chi connectivity index (χ1) is 60.0. The molecule has 15 nitrogen and oxygen atoms in total. The topological polar surface area (TPSA) is 178 Å². The number of ether oxygens (including phenoxy) is 2. The van der Waals surface area contributed by atoms with Crippen molar-refractivity contribution in [2.45, 2.75) is 184 Å². The molecule has 0 aliphatic heterocycles. The summed E-state index contributed by atoms with van der Waals surface area (Å²) in [5, 5.41) is 10.5. The number of halogens is 3. The summed E-state index contributed by atoms with van der Waals surface area (Å²) < 4.78 is 50.9. The van der Waals surface area contributed by atoms with E-state index in [1.54, 1.807) is 45.1 Å². The first kappa shape index (κ1) is 94.2. The molecule has 6 aromatic carbocycles.